The molecule has 43 heteroatoms. The second kappa shape index (κ2) is 39.6. The summed E-state index contributed by atoms with van der Waals surface area (Å²) in [7, 11) is -0.519. The largest absolute Gasteiger partial charge is 0.586 e. The molecule has 0 radical (unpaired) electrons. The molecular weight excluding hydrogens is 2010 g/mol. The zero-order valence-corrected chi connectivity index (χ0v) is 80.5. The molecule has 4 amide bonds. The first kappa shape index (κ1) is 104. The molecule has 8 aromatic carbocycles. The van der Waals surface area contributed by atoms with Gasteiger partial charge >= 0.3 is 56.2 Å². The predicted molar refractivity (Wildman–Crippen MR) is 512 cm³/mol. The van der Waals surface area contributed by atoms with Crippen LogP contribution in [-0.4, -0.2) is 142 Å². The lowest BCUT2D eigenvalue weighted by molar-refractivity contribution is -0.287. The minimum Gasteiger partial charge on any atom is -0.478 e. The van der Waals surface area contributed by atoms with Crippen molar-refractivity contribution in [1.29, 1.82) is 0 Å². The summed E-state index contributed by atoms with van der Waals surface area (Å²) in [6, 6.07) is 56.4. The molecule has 4 aliphatic carbocycles. The number of aromatic nitrogens is 4. The van der Waals surface area contributed by atoms with E-state index < -0.39 is 95.3 Å². The molecule has 0 atom stereocenters. The van der Waals surface area contributed by atoms with Gasteiger partial charge in [0.15, 0.2) is 52.3 Å². The summed E-state index contributed by atoms with van der Waals surface area (Å²) < 4.78 is 154. The van der Waals surface area contributed by atoms with Gasteiger partial charge in [0.2, 0.25) is 23.6 Å². The lowest BCUT2D eigenvalue weighted by atomic mass is 9.78. The zero-order valence-electron chi connectivity index (χ0n) is 78.2. The van der Waals surface area contributed by atoms with Gasteiger partial charge in [0.05, 0.1) is 66.5 Å². The number of nitrogens with zero attached hydrogens (tertiary/aromatic N) is 4. The predicted octanol–water partition coefficient (Wildman–Crippen LogP) is 19.7. The molecule has 9 heterocycles. The molecule has 0 unspecified atom stereocenters. The van der Waals surface area contributed by atoms with Crippen molar-refractivity contribution in [3.8, 4) is 68.5 Å². The number of carbonyl (C=O) groups excluding carboxylic acids is 4. The van der Waals surface area contributed by atoms with Gasteiger partial charge in [-0.25, -0.2) is 39.1 Å². The number of benzene rings is 8. The zero-order chi connectivity index (χ0) is 105. The number of amides is 4. The first-order valence-electron chi connectivity index (χ1n) is 44.9. The summed E-state index contributed by atoms with van der Waals surface area (Å²) in [6.45, 7) is 15.3. The van der Waals surface area contributed by atoms with Crippen LogP contribution < -0.4 is 64.6 Å². The molecule has 32 nitrogen and oxygen atoms in total. The summed E-state index contributed by atoms with van der Waals surface area (Å²) in [4.78, 5) is 113. The summed E-state index contributed by atoms with van der Waals surface area (Å²) in [5.41, 5.74) is 5.38. The number of aliphatic hydroxyl groups is 2. The lowest BCUT2D eigenvalue weighted by Gasteiger charge is -2.32. The number of carbonyl (C=O) groups is 8. The lowest BCUT2D eigenvalue weighted by Crippen LogP contribution is -2.41. The Hall–Kier alpha value is -15.4. The molecule has 5 aliphatic heterocycles. The molecule has 0 bridgehead atoms. The van der Waals surface area contributed by atoms with Crippen molar-refractivity contribution >= 4 is 111 Å². The highest BCUT2D eigenvalue weighted by Crippen LogP contribution is 2.57. The maximum Gasteiger partial charge on any atom is 0.586 e. The van der Waals surface area contributed by atoms with E-state index in [1.807, 2.05) is 67.5 Å². The number of carboxylic acid groups (broad SMARTS) is 4. The van der Waals surface area contributed by atoms with Gasteiger partial charge in [-0.1, -0.05) is 109 Å². The highest BCUT2D eigenvalue weighted by Gasteiger charge is 2.58. The quantitative estimate of drug-likeness (QED) is 0.0147. The third-order valence-electron chi connectivity index (χ3n) is 25.6. The Balaban J connectivity index is 0.000000128. The molecule has 10 N–H and O–H groups in total. The summed E-state index contributed by atoms with van der Waals surface area (Å²) in [6.07, 6.45) is -11.7. The number of hydrogen-bond acceptors (Lipinski definition) is 24. The average Bonchev–Trinajstić information content (AvgIpc) is 1.58. The van der Waals surface area contributed by atoms with Crippen molar-refractivity contribution in [3.05, 3.63) is 300 Å². The minimum atomic E-state index is -3.72. The maximum absolute atomic E-state index is 13.3. The molecule has 12 aromatic rings. The Kier molecular flexibility index (Phi) is 28.1. The van der Waals surface area contributed by atoms with Crippen LogP contribution in [0.3, 0.4) is 0 Å². The van der Waals surface area contributed by atoms with Crippen LogP contribution in [-0.2, 0) is 50.1 Å². The van der Waals surface area contributed by atoms with Crippen molar-refractivity contribution in [1.82, 2.24) is 19.9 Å². The number of hydrogen-bond donors (Lipinski definition) is 10. The van der Waals surface area contributed by atoms with Gasteiger partial charge in [0.1, 0.15) is 33.0 Å². The van der Waals surface area contributed by atoms with Gasteiger partial charge in [-0.3, -0.25) is 19.2 Å². The second-order valence-electron chi connectivity index (χ2n) is 36.4. The van der Waals surface area contributed by atoms with Crippen molar-refractivity contribution in [2.24, 2.45) is 0 Å². The van der Waals surface area contributed by atoms with E-state index in [9.17, 15) is 83.7 Å². The molecule has 146 heavy (non-hydrogen) atoms. The fraction of sp³-hybridized carbons (Fsp3) is 0.262. The first-order valence-corrected chi connectivity index (χ1v) is 46.1. The molecule has 4 aromatic heterocycles. The van der Waals surface area contributed by atoms with Gasteiger partial charge < -0.3 is 99.1 Å². The Morgan fingerprint density at radius 1 is 0.342 bits per heavy atom. The molecule has 9 aliphatic rings. The molecule has 5 fully saturated rings. The number of fused-ring (bicyclic) bond motifs is 4. The number of carboxylic acids is 4. The van der Waals surface area contributed by atoms with E-state index in [1.54, 1.807) is 109 Å². The van der Waals surface area contributed by atoms with Crippen LogP contribution in [0, 0.1) is 27.7 Å². The normalized spacial score (nSPS) is 17.4. The topological polar surface area (TPSA) is 450 Å². The fourth-order valence-electron chi connectivity index (χ4n) is 16.2. The number of nitrogens with one attached hydrogen (secondary N) is 4. The molecule has 1 saturated heterocycles. The number of aliphatic hydroxyl groups excluding tert-OH is 1. The third-order valence-corrected chi connectivity index (χ3v) is 26.8. The van der Waals surface area contributed by atoms with Crippen LogP contribution in [0.5, 0.6) is 46.0 Å². The molecule has 4 saturated carbocycles. The van der Waals surface area contributed by atoms with Crippen molar-refractivity contribution in [3.63, 3.8) is 0 Å². The van der Waals surface area contributed by atoms with Gasteiger partial charge in [-0.15, -0.1) is 35.1 Å². The Morgan fingerprint density at radius 2 is 0.623 bits per heavy atom. The number of halogens is 10. The highest BCUT2D eigenvalue weighted by atomic mass is 79.9. The third kappa shape index (κ3) is 22.7. The number of pyridine rings is 4. The summed E-state index contributed by atoms with van der Waals surface area (Å²) in [5, 5.41) is 64.9. The van der Waals surface area contributed by atoms with Gasteiger partial charge in [-0.05, 0) is 294 Å². The number of anilines is 4. The van der Waals surface area contributed by atoms with Crippen LogP contribution in [0.25, 0.3) is 22.5 Å². The number of ether oxygens (including phenoxy) is 8. The smallest absolute Gasteiger partial charge is 0.478 e. The summed E-state index contributed by atoms with van der Waals surface area (Å²) in [5.74, 6) is -4.41. The van der Waals surface area contributed by atoms with Gasteiger partial charge in [0, 0.05) is 16.7 Å². The summed E-state index contributed by atoms with van der Waals surface area (Å²) >= 11 is 9.30. The van der Waals surface area contributed by atoms with E-state index in [2.05, 4.69) is 95.0 Å². The van der Waals surface area contributed by atoms with Crippen molar-refractivity contribution in [2.75, 3.05) is 21.3 Å². The maximum atomic E-state index is 13.3. The Morgan fingerprint density at radius 3 is 0.932 bits per heavy atom. The minimum absolute atomic E-state index is 0.0333. The van der Waals surface area contributed by atoms with Crippen LogP contribution in [0.15, 0.2) is 223 Å². The standard InChI is InChI=1S/2C24H18F2N2O5.C17H13BrF2N2O3.C17H13ClF2N2O3.C13H17BO4.C8H8O4/c2*1-13-5-8-19(27-20(13)14-3-2-4-15(11-14)21(29)30)28-22(31)23(9-10-23)16-6-7-17-18(12-16)33-24(25,26)32-17;2*1-9-2-5-13(21-14(9)18)22-15(23)16(6-7-16)10-3-4-11-12(8-10)25-17(19,20)24-11;1-12(2)13(3,4)18-14(17-12)10-7-5-6-9(8-10)11(15)16;9-7(10)5-2-1-3-6(4-5)8(11)12/h2*2-8,11-12H,9-10H2,1H3,(H,29,30)(H,27,28,31);2*2-5,8H,6-7H2,1H3,(H,21,22,23);5-8H,1-4H3,(H,15,16);1-4,7,9-10H,(H,11,12). The van der Waals surface area contributed by atoms with Crippen LogP contribution in [0.1, 0.15) is 177 Å². The van der Waals surface area contributed by atoms with Crippen LogP contribution in [0.4, 0.5) is 58.4 Å². The van der Waals surface area contributed by atoms with E-state index in [4.69, 9.17) is 41.3 Å². The van der Waals surface area contributed by atoms with Crippen molar-refractivity contribution < 1.29 is 151 Å². The highest BCUT2D eigenvalue weighted by molar-refractivity contribution is 9.10. The monoisotopic (exact) mass is 2100 g/mol. The van der Waals surface area contributed by atoms with Gasteiger partial charge in [0.25, 0.3) is 0 Å². The Labute approximate surface area is 838 Å². The molecular formula is C103H87BBrClF8N8O24. The first-order chi connectivity index (χ1) is 68.7. The van der Waals surface area contributed by atoms with E-state index in [1.165, 1.54) is 97.1 Å². The van der Waals surface area contributed by atoms with E-state index in [0.29, 0.717) is 129 Å². The second-order valence-corrected chi connectivity index (χ2v) is 37.5. The number of alkyl halides is 8. The van der Waals surface area contributed by atoms with E-state index >= 15 is 0 Å². The van der Waals surface area contributed by atoms with Crippen LogP contribution in [0.2, 0.25) is 5.15 Å². The molecule has 0 spiro atoms. The molecule has 21 rings (SSSR count). The number of aromatic carboxylic acids is 4. The van der Waals surface area contributed by atoms with E-state index in [0.717, 1.165) is 27.7 Å². The fourth-order valence-corrected chi connectivity index (χ4v) is 16.7. The Bertz CT molecular complexity index is 6890. The van der Waals surface area contributed by atoms with E-state index in [-0.39, 0.29) is 97.4 Å². The van der Waals surface area contributed by atoms with Crippen molar-refractivity contribution in [2.45, 2.75) is 171 Å². The number of aryl methyl sites for hydroxylation is 4. The number of rotatable bonds is 20. The van der Waals surface area contributed by atoms with Crippen LogP contribution >= 0.6 is 27.5 Å². The van der Waals surface area contributed by atoms with Gasteiger partial charge in [-0.2, -0.15) is 0 Å². The SMILES string of the molecule is CC1(C)OB(c2cccc(C(=O)O)c2)OC1(C)C.Cc1ccc(NC(=O)C2(c3ccc4c(c3)OC(F)(F)O4)CC2)nc1-c1cccc(C(=O)O)c1.Cc1ccc(NC(=O)C2(c3ccc4c(c3)OC(F)(F)O4)CC2)nc1-c1cccc(C(=O)O)c1.Cc1ccc(NC(=O)C2(c3ccc4c(c3)OC(F)(F)O4)CC2)nc1Br.Cc1ccc(NC(=O)C2(c3ccc4c(c3)OC(F)(F)O4)CC2)nc1Cl.O=C(O)c1cccc(C(O)O)c1. The molecule has 756 valence electrons. The average molecular weight is 2100 g/mol.